The Morgan fingerprint density at radius 2 is 1.88 bits per heavy atom. The van der Waals surface area contributed by atoms with E-state index in [-0.39, 0.29) is 21.6 Å². The maximum absolute atomic E-state index is 13.0. The molecule has 3 aromatic rings. The number of halogens is 1. The van der Waals surface area contributed by atoms with Crippen LogP contribution >= 0.6 is 34.3 Å². The van der Waals surface area contributed by atoms with Crippen LogP contribution in [0.3, 0.4) is 0 Å². The van der Waals surface area contributed by atoms with Crippen LogP contribution in [0, 0.1) is 0 Å². The lowest BCUT2D eigenvalue weighted by Crippen LogP contribution is -2.23. The lowest BCUT2D eigenvalue weighted by atomic mass is 9.97. The Hall–Kier alpha value is -1.67. The van der Waals surface area contributed by atoms with Crippen LogP contribution in [0.25, 0.3) is 0 Å². The van der Waals surface area contributed by atoms with Gasteiger partial charge in [0.15, 0.2) is 0 Å². The van der Waals surface area contributed by atoms with Gasteiger partial charge >= 0.3 is 0 Å². The largest absolute Gasteiger partial charge is 0.324 e. The predicted molar refractivity (Wildman–Crippen MR) is 101 cm³/mol. The number of thiophene rings is 2. The molecule has 4 rings (SSSR count). The Morgan fingerprint density at radius 1 is 1.12 bits per heavy atom. The van der Waals surface area contributed by atoms with Gasteiger partial charge in [0.2, 0.25) is 15.7 Å². The molecular formula is C17H12ClNO3S3. The van der Waals surface area contributed by atoms with Crippen molar-refractivity contribution in [2.75, 3.05) is 5.32 Å². The summed E-state index contributed by atoms with van der Waals surface area (Å²) in [7, 11) is -3.73. The van der Waals surface area contributed by atoms with Crippen molar-refractivity contribution in [2.24, 2.45) is 0 Å². The average Bonchev–Trinajstić information content (AvgIpc) is 3.24. The van der Waals surface area contributed by atoms with E-state index >= 15 is 0 Å². The number of hydrogen-bond acceptors (Lipinski definition) is 5. The Labute approximate surface area is 158 Å². The molecule has 0 aliphatic carbocycles. The highest BCUT2D eigenvalue weighted by atomic mass is 35.5. The molecule has 8 heteroatoms. The molecule has 1 aliphatic heterocycles. The Bertz CT molecular complexity index is 1040. The van der Waals surface area contributed by atoms with Gasteiger partial charge in [-0.25, -0.2) is 8.42 Å². The number of rotatable bonds is 3. The van der Waals surface area contributed by atoms with Crippen molar-refractivity contribution in [1.29, 1.82) is 0 Å². The summed E-state index contributed by atoms with van der Waals surface area (Å²) in [5.41, 5.74) is 0.412. The second-order valence-corrected chi connectivity index (χ2v) is 9.86. The van der Waals surface area contributed by atoms with Gasteiger partial charge in [-0.3, -0.25) is 4.79 Å². The van der Waals surface area contributed by atoms with E-state index in [0.717, 1.165) is 9.75 Å². The van der Waals surface area contributed by atoms with Gasteiger partial charge < -0.3 is 5.32 Å². The third-order valence-corrected chi connectivity index (χ3v) is 8.33. The maximum Gasteiger partial charge on any atom is 0.225 e. The molecule has 1 atom stereocenters. The van der Waals surface area contributed by atoms with E-state index in [9.17, 15) is 13.2 Å². The van der Waals surface area contributed by atoms with Crippen molar-refractivity contribution in [3.63, 3.8) is 0 Å². The molecule has 1 amide bonds. The molecule has 1 aromatic carbocycles. The van der Waals surface area contributed by atoms with Crippen LogP contribution in [-0.4, -0.2) is 14.3 Å². The van der Waals surface area contributed by atoms with Crippen LogP contribution in [0.1, 0.15) is 22.1 Å². The van der Waals surface area contributed by atoms with Crippen molar-refractivity contribution in [1.82, 2.24) is 0 Å². The number of amides is 1. The quantitative estimate of drug-likeness (QED) is 0.677. The first-order chi connectivity index (χ1) is 12.0. The number of carbonyl (C=O) groups is 1. The minimum absolute atomic E-state index is 0.0945. The van der Waals surface area contributed by atoms with E-state index in [1.54, 1.807) is 28.8 Å². The minimum Gasteiger partial charge on any atom is -0.324 e. The summed E-state index contributed by atoms with van der Waals surface area (Å²) in [4.78, 5) is 14.4. The first-order valence-electron chi connectivity index (χ1n) is 7.42. The van der Waals surface area contributed by atoms with E-state index in [1.807, 2.05) is 17.5 Å². The molecule has 0 radical (unpaired) electrons. The smallest absolute Gasteiger partial charge is 0.225 e. The highest BCUT2D eigenvalue weighted by Gasteiger charge is 2.34. The summed E-state index contributed by atoms with van der Waals surface area (Å²) >= 11 is 8.79. The van der Waals surface area contributed by atoms with Crippen LogP contribution in [0.5, 0.6) is 0 Å². The molecular weight excluding hydrogens is 398 g/mol. The highest BCUT2D eigenvalue weighted by Crippen LogP contribution is 2.46. The fourth-order valence-electron chi connectivity index (χ4n) is 2.86. The monoisotopic (exact) mass is 409 g/mol. The van der Waals surface area contributed by atoms with Crippen LogP contribution < -0.4 is 5.32 Å². The molecule has 1 unspecified atom stereocenters. The van der Waals surface area contributed by atoms with E-state index in [4.69, 9.17) is 11.6 Å². The fourth-order valence-corrected chi connectivity index (χ4v) is 6.80. The average molecular weight is 410 g/mol. The summed E-state index contributed by atoms with van der Waals surface area (Å²) in [5.74, 6) is -0.264. The first-order valence-corrected chi connectivity index (χ1v) is 11.0. The SMILES string of the molecule is O=C1CC(c2cccs2)c2scc(S(=O)(=O)c3ccc(Cl)cc3)c2N1. The van der Waals surface area contributed by atoms with E-state index in [2.05, 4.69) is 5.32 Å². The van der Waals surface area contributed by atoms with Gasteiger partial charge in [-0.05, 0) is 35.7 Å². The van der Waals surface area contributed by atoms with Crippen molar-refractivity contribution < 1.29 is 13.2 Å². The molecule has 0 saturated heterocycles. The van der Waals surface area contributed by atoms with E-state index < -0.39 is 9.84 Å². The van der Waals surface area contributed by atoms with E-state index in [1.165, 1.54) is 23.5 Å². The number of fused-ring (bicyclic) bond motifs is 1. The van der Waals surface area contributed by atoms with Gasteiger partial charge in [0.1, 0.15) is 4.90 Å². The number of anilines is 1. The third-order valence-electron chi connectivity index (χ3n) is 4.06. The summed E-state index contributed by atoms with van der Waals surface area (Å²) in [6.07, 6.45) is 0.328. The van der Waals surface area contributed by atoms with Crippen LogP contribution in [0.4, 0.5) is 5.69 Å². The molecule has 0 fully saturated rings. The predicted octanol–water partition coefficient (Wildman–Crippen LogP) is 4.77. The topological polar surface area (TPSA) is 63.2 Å². The fraction of sp³-hybridized carbons (Fsp3) is 0.118. The number of carbonyl (C=O) groups excluding carboxylic acids is 1. The lowest BCUT2D eigenvalue weighted by Gasteiger charge is -2.22. The molecule has 128 valence electrons. The van der Waals surface area contributed by atoms with Crippen molar-refractivity contribution in [3.05, 3.63) is 61.9 Å². The summed E-state index contributed by atoms with van der Waals surface area (Å²) in [6, 6.07) is 9.95. The second-order valence-electron chi connectivity index (χ2n) is 5.62. The number of benzene rings is 1. The molecule has 4 nitrogen and oxygen atoms in total. The maximum atomic E-state index is 13.0. The number of nitrogens with one attached hydrogen (secondary N) is 1. The van der Waals surface area contributed by atoms with Gasteiger partial charge in [-0.1, -0.05) is 17.7 Å². The van der Waals surface area contributed by atoms with Crippen molar-refractivity contribution >= 4 is 55.7 Å². The normalized spacial score (nSPS) is 17.2. The molecule has 0 spiro atoms. The molecule has 25 heavy (non-hydrogen) atoms. The van der Waals surface area contributed by atoms with Gasteiger partial charge in [0.25, 0.3) is 0 Å². The Kier molecular flexibility index (Phi) is 4.19. The lowest BCUT2D eigenvalue weighted by molar-refractivity contribution is -0.116. The number of sulfone groups is 1. The van der Waals surface area contributed by atoms with Gasteiger partial charge in [0.05, 0.1) is 10.6 Å². The molecule has 1 N–H and O–H groups in total. The molecule has 1 aliphatic rings. The zero-order chi connectivity index (χ0) is 17.6. The van der Waals surface area contributed by atoms with Crippen molar-refractivity contribution in [3.8, 4) is 0 Å². The van der Waals surface area contributed by atoms with Gasteiger partial charge in [0, 0.05) is 32.5 Å². The summed E-state index contributed by atoms with van der Waals surface area (Å²) < 4.78 is 26.0. The minimum atomic E-state index is -3.73. The Morgan fingerprint density at radius 3 is 2.56 bits per heavy atom. The molecule has 0 bridgehead atoms. The zero-order valence-corrected chi connectivity index (χ0v) is 15.9. The number of hydrogen-bond donors (Lipinski definition) is 1. The van der Waals surface area contributed by atoms with Crippen molar-refractivity contribution in [2.45, 2.75) is 22.1 Å². The van der Waals surface area contributed by atoms with Crippen LogP contribution in [0.15, 0.2) is 56.9 Å². The standard InChI is InChI=1S/C17H12ClNO3S3/c18-10-3-5-11(6-4-10)25(21,22)14-9-24-17-12(13-2-1-7-23-13)8-15(20)19-16(14)17/h1-7,9,12H,8H2,(H,19,20). The molecule has 2 aromatic heterocycles. The second kappa shape index (κ2) is 6.25. The van der Waals surface area contributed by atoms with Gasteiger partial charge in [-0.2, -0.15) is 0 Å². The zero-order valence-electron chi connectivity index (χ0n) is 12.7. The van der Waals surface area contributed by atoms with E-state index in [0.29, 0.717) is 17.1 Å². The van der Waals surface area contributed by atoms with Gasteiger partial charge in [-0.15, -0.1) is 22.7 Å². The first kappa shape index (κ1) is 16.8. The summed E-state index contributed by atoms with van der Waals surface area (Å²) in [5, 5.41) is 6.80. The van der Waals surface area contributed by atoms with Crippen LogP contribution in [-0.2, 0) is 14.6 Å². The highest BCUT2D eigenvalue weighted by molar-refractivity contribution is 7.91. The molecule has 3 heterocycles. The Balaban J connectivity index is 1.83. The third kappa shape index (κ3) is 2.91. The van der Waals surface area contributed by atoms with Crippen LogP contribution in [0.2, 0.25) is 5.02 Å². The summed E-state index contributed by atoms with van der Waals surface area (Å²) in [6.45, 7) is 0. The molecule has 0 saturated carbocycles.